The molecule has 0 aromatic heterocycles. The van der Waals surface area contributed by atoms with Crippen molar-refractivity contribution < 1.29 is 14.2 Å². The number of halogens is 1. The van der Waals surface area contributed by atoms with E-state index < -0.39 is 0 Å². The summed E-state index contributed by atoms with van der Waals surface area (Å²) in [4.78, 5) is 0. The predicted molar refractivity (Wildman–Crippen MR) is 87.6 cm³/mol. The standard InChI is InChI=1S/C17H19BrO3/c1-3-20-16-6-4-5-14(11-18)17(16)21-12-13-7-9-15(19-2)10-8-13/h4-10H,3,11-12H2,1-2H3. The van der Waals surface area contributed by atoms with Crippen molar-refractivity contribution in [3.63, 3.8) is 0 Å². The summed E-state index contributed by atoms with van der Waals surface area (Å²) < 4.78 is 16.8. The molecule has 0 bridgehead atoms. The minimum atomic E-state index is 0.494. The van der Waals surface area contributed by atoms with Crippen LogP contribution in [0.5, 0.6) is 17.2 Å². The molecule has 0 amide bonds. The number of hydrogen-bond acceptors (Lipinski definition) is 3. The number of hydrogen-bond donors (Lipinski definition) is 0. The molecule has 0 aliphatic rings. The van der Waals surface area contributed by atoms with Crippen LogP contribution in [0.1, 0.15) is 18.1 Å². The molecule has 0 N–H and O–H groups in total. The molecular formula is C17H19BrO3. The van der Waals surface area contributed by atoms with E-state index in [1.807, 2.05) is 49.4 Å². The molecule has 0 saturated heterocycles. The van der Waals surface area contributed by atoms with Crippen molar-refractivity contribution in [3.8, 4) is 17.2 Å². The lowest BCUT2D eigenvalue weighted by Crippen LogP contribution is -2.02. The van der Waals surface area contributed by atoms with E-state index in [0.717, 1.165) is 33.7 Å². The molecule has 2 aromatic carbocycles. The third kappa shape index (κ3) is 4.14. The number of methoxy groups -OCH3 is 1. The van der Waals surface area contributed by atoms with Gasteiger partial charge in [0.25, 0.3) is 0 Å². The zero-order chi connectivity index (χ0) is 15.1. The predicted octanol–water partition coefficient (Wildman–Crippen LogP) is 4.57. The summed E-state index contributed by atoms with van der Waals surface area (Å²) >= 11 is 3.49. The Kier molecular flexibility index (Phi) is 5.93. The number of ether oxygens (including phenoxy) is 3. The fourth-order valence-corrected chi connectivity index (χ4v) is 2.42. The number of rotatable bonds is 7. The highest BCUT2D eigenvalue weighted by Gasteiger charge is 2.10. The van der Waals surface area contributed by atoms with E-state index >= 15 is 0 Å². The first-order valence-corrected chi connectivity index (χ1v) is 7.97. The minimum Gasteiger partial charge on any atom is -0.497 e. The van der Waals surface area contributed by atoms with Crippen molar-refractivity contribution in [1.29, 1.82) is 0 Å². The third-order valence-electron chi connectivity index (χ3n) is 3.05. The van der Waals surface area contributed by atoms with Crippen molar-refractivity contribution >= 4 is 15.9 Å². The van der Waals surface area contributed by atoms with Crippen molar-refractivity contribution in [3.05, 3.63) is 53.6 Å². The summed E-state index contributed by atoms with van der Waals surface area (Å²) in [5.74, 6) is 2.42. The molecule has 3 nitrogen and oxygen atoms in total. The lowest BCUT2D eigenvalue weighted by atomic mass is 10.2. The van der Waals surface area contributed by atoms with Gasteiger partial charge in [0.2, 0.25) is 0 Å². The first kappa shape index (κ1) is 15.7. The van der Waals surface area contributed by atoms with Gasteiger partial charge in [0, 0.05) is 10.9 Å². The van der Waals surface area contributed by atoms with Crippen LogP contribution in [0.15, 0.2) is 42.5 Å². The normalized spacial score (nSPS) is 10.2. The van der Waals surface area contributed by atoms with Gasteiger partial charge >= 0.3 is 0 Å². The highest BCUT2D eigenvalue weighted by Crippen LogP contribution is 2.33. The largest absolute Gasteiger partial charge is 0.497 e. The zero-order valence-corrected chi connectivity index (χ0v) is 13.9. The van der Waals surface area contributed by atoms with Crippen molar-refractivity contribution in [1.82, 2.24) is 0 Å². The lowest BCUT2D eigenvalue weighted by Gasteiger charge is -2.15. The Bertz CT molecular complexity index is 567. The van der Waals surface area contributed by atoms with Gasteiger partial charge in [-0.05, 0) is 30.7 Å². The van der Waals surface area contributed by atoms with Gasteiger partial charge in [0.05, 0.1) is 13.7 Å². The monoisotopic (exact) mass is 350 g/mol. The quantitative estimate of drug-likeness (QED) is 0.684. The van der Waals surface area contributed by atoms with E-state index in [4.69, 9.17) is 14.2 Å². The molecule has 112 valence electrons. The van der Waals surface area contributed by atoms with Gasteiger partial charge in [-0.2, -0.15) is 0 Å². The van der Waals surface area contributed by atoms with Crippen LogP contribution in [-0.2, 0) is 11.9 Å². The minimum absolute atomic E-state index is 0.494. The molecular weight excluding hydrogens is 332 g/mol. The molecule has 2 rings (SSSR count). The van der Waals surface area contributed by atoms with Gasteiger partial charge in [-0.15, -0.1) is 0 Å². The van der Waals surface area contributed by atoms with Gasteiger partial charge < -0.3 is 14.2 Å². The van der Waals surface area contributed by atoms with Gasteiger partial charge in [0.1, 0.15) is 12.4 Å². The molecule has 0 aliphatic carbocycles. The van der Waals surface area contributed by atoms with Crippen LogP contribution >= 0.6 is 15.9 Å². The number of benzene rings is 2. The highest BCUT2D eigenvalue weighted by atomic mass is 79.9. The van der Waals surface area contributed by atoms with E-state index in [-0.39, 0.29) is 0 Å². The summed E-state index contributed by atoms with van der Waals surface area (Å²) in [5.41, 5.74) is 2.16. The Morgan fingerprint density at radius 2 is 1.76 bits per heavy atom. The molecule has 0 spiro atoms. The Morgan fingerprint density at radius 3 is 2.38 bits per heavy atom. The van der Waals surface area contributed by atoms with Crippen LogP contribution < -0.4 is 14.2 Å². The number of para-hydroxylation sites is 1. The maximum absolute atomic E-state index is 5.98. The fraction of sp³-hybridized carbons (Fsp3) is 0.294. The molecule has 0 radical (unpaired) electrons. The van der Waals surface area contributed by atoms with Gasteiger partial charge in [-0.25, -0.2) is 0 Å². The maximum Gasteiger partial charge on any atom is 0.165 e. The van der Waals surface area contributed by atoms with Gasteiger partial charge in [-0.1, -0.05) is 40.2 Å². The van der Waals surface area contributed by atoms with E-state index in [1.54, 1.807) is 7.11 Å². The van der Waals surface area contributed by atoms with Crippen LogP contribution in [0.25, 0.3) is 0 Å². The van der Waals surface area contributed by atoms with Crippen LogP contribution in [-0.4, -0.2) is 13.7 Å². The molecule has 2 aromatic rings. The summed E-state index contributed by atoms with van der Waals surface area (Å²) in [5, 5.41) is 0.728. The zero-order valence-electron chi connectivity index (χ0n) is 12.3. The highest BCUT2D eigenvalue weighted by molar-refractivity contribution is 9.08. The van der Waals surface area contributed by atoms with E-state index in [9.17, 15) is 0 Å². The molecule has 0 heterocycles. The molecule has 0 unspecified atom stereocenters. The molecule has 0 fully saturated rings. The van der Waals surface area contributed by atoms with Crippen molar-refractivity contribution in [2.45, 2.75) is 18.9 Å². The maximum atomic E-state index is 5.98. The van der Waals surface area contributed by atoms with Gasteiger partial charge in [-0.3, -0.25) is 0 Å². The topological polar surface area (TPSA) is 27.7 Å². The molecule has 4 heteroatoms. The average Bonchev–Trinajstić information content (AvgIpc) is 2.54. The molecule has 0 saturated carbocycles. The first-order valence-electron chi connectivity index (χ1n) is 6.84. The Hall–Kier alpha value is -1.68. The summed E-state index contributed by atoms with van der Waals surface area (Å²) in [7, 11) is 1.66. The van der Waals surface area contributed by atoms with Crippen LogP contribution in [0, 0.1) is 0 Å². The van der Waals surface area contributed by atoms with Crippen LogP contribution in [0.2, 0.25) is 0 Å². The first-order chi connectivity index (χ1) is 10.3. The Labute approximate surface area is 134 Å². The molecule has 21 heavy (non-hydrogen) atoms. The van der Waals surface area contributed by atoms with Crippen molar-refractivity contribution in [2.24, 2.45) is 0 Å². The Balaban J connectivity index is 2.13. The van der Waals surface area contributed by atoms with Crippen LogP contribution in [0.3, 0.4) is 0 Å². The smallest absolute Gasteiger partial charge is 0.165 e. The summed E-state index contributed by atoms with van der Waals surface area (Å²) in [6.45, 7) is 3.08. The number of alkyl halides is 1. The van der Waals surface area contributed by atoms with Crippen molar-refractivity contribution in [2.75, 3.05) is 13.7 Å². The second-order valence-corrected chi connectivity index (χ2v) is 5.01. The van der Waals surface area contributed by atoms with E-state index in [1.165, 1.54) is 0 Å². The summed E-state index contributed by atoms with van der Waals surface area (Å²) in [6.07, 6.45) is 0. The SMILES string of the molecule is CCOc1cccc(CBr)c1OCc1ccc(OC)cc1. The second kappa shape index (κ2) is 7.93. The summed E-state index contributed by atoms with van der Waals surface area (Å²) in [6, 6.07) is 13.8. The molecule has 0 atom stereocenters. The van der Waals surface area contributed by atoms with E-state index in [2.05, 4.69) is 15.9 Å². The second-order valence-electron chi connectivity index (χ2n) is 4.45. The molecule has 0 aliphatic heterocycles. The fourth-order valence-electron chi connectivity index (χ4n) is 1.98. The lowest BCUT2D eigenvalue weighted by molar-refractivity contribution is 0.267. The van der Waals surface area contributed by atoms with Gasteiger partial charge in [0.15, 0.2) is 11.5 Å². The average molecular weight is 351 g/mol. The Morgan fingerprint density at radius 1 is 1.00 bits per heavy atom. The third-order valence-corrected chi connectivity index (χ3v) is 3.65. The van der Waals surface area contributed by atoms with E-state index in [0.29, 0.717) is 13.2 Å². The van der Waals surface area contributed by atoms with Crippen LogP contribution in [0.4, 0.5) is 0 Å².